The van der Waals surface area contributed by atoms with Crippen LogP contribution in [0.3, 0.4) is 0 Å². The Morgan fingerprint density at radius 1 is 0.844 bits per heavy atom. The van der Waals surface area contributed by atoms with Gasteiger partial charge in [-0.25, -0.2) is 0 Å². The van der Waals surface area contributed by atoms with Crippen molar-refractivity contribution >= 4 is 23.2 Å². The third-order valence-electron chi connectivity index (χ3n) is 6.66. The van der Waals surface area contributed by atoms with E-state index < -0.39 is 0 Å². The van der Waals surface area contributed by atoms with Crippen LogP contribution in [0.5, 0.6) is 5.75 Å². The Kier molecular flexibility index (Phi) is 9.44. The molecule has 3 aromatic carbocycles. The third kappa shape index (κ3) is 6.49. The molecule has 0 fully saturated rings. The normalized spacial score (nSPS) is 15.4. The van der Waals surface area contributed by atoms with Gasteiger partial charge in [0.2, 0.25) is 0 Å². The monoisotopic (exact) mass is 451 g/mol. The van der Waals surface area contributed by atoms with Crippen molar-refractivity contribution in [2.75, 3.05) is 19.6 Å². The molecule has 1 unspecified atom stereocenters. The highest BCUT2D eigenvalue weighted by Crippen LogP contribution is 2.31. The zero-order valence-corrected chi connectivity index (χ0v) is 20.5. The topological polar surface area (TPSA) is 12.5 Å². The predicted molar refractivity (Wildman–Crippen MR) is 139 cm³/mol. The van der Waals surface area contributed by atoms with Gasteiger partial charge in [0.15, 0.2) is 0 Å². The van der Waals surface area contributed by atoms with E-state index in [1.54, 1.807) is 0 Å². The molecule has 0 amide bonds. The van der Waals surface area contributed by atoms with Gasteiger partial charge >= 0.3 is 0 Å². The van der Waals surface area contributed by atoms with Gasteiger partial charge in [-0.15, -0.1) is 12.4 Å². The fraction of sp³-hybridized carbons (Fsp3) is 0.448. The standard InChI is InChI=1S/C29H37NO.ClH/c1-3-16-30(17-4-2)18-15-23-9-12-28-21-29(14-13-27(28)19-23)31-22-24-10-11-25-7-5-6-8-26(25)20-24;/h5-8,10-11,13-14,20-21,23H,3-4,9,12,15-19,22H2,1-2H3;1H. The first kappa shape index (κ1) is 24.6. The van der Waals surface area contributed by atoms with Gasteiger partial charge < -0.3 is 9.64 Å². The minimum absolute atomic E-state index is 0. The molecule has 0 saturated carbocycles. The van der Waals surface area contributed by atoms with E-state index in [-0.39, 0.29) is 12.4 Å². The fourth-order valence-corrected chi connectivity index (χ4v) is 4.97. The molecule has 172 valence electrons. The maximum atomic E-state index is 6.16. The predicted octanol–water partition coefficient (Wildman–Crippen LogP) is 7.46. The Labute approximate surface area is 200 Å². The quantitative estimate of drug-likeness (QED) is 0.317. The Morgan fingerprint density at radius 2 is 1.62 bits per heavy atom. The molecular formula is C29H38ClNO. The van der Waals surface area contributed by atoms with Gasteiger partial charge in [-0.05, 0) is 110 Å². The molecule has 4 rings (SSSR count). The first-order chi connectivity index (χ1) is 15.2. The molecule has 2 nitrogen and oxygen atoms in total. The summed E-state index contributed by atoms with van der Waals surface area (Å²) in [6.07, 6.45) is 7.58. The van der Waals surface area contributed by atoms with E-state index >= 15 is 0 Å². The molecule has 1 aliphatic carbocycles. The summed E-state index contributed by atoms with van der Waals surface area (Å²) in [4.78, 5) is 2.65. The molecule has 3 heteroatoms. The minimum atomic E-state index is 0. The molecule has 0 heterocycles. The third-order valence-corrected chi connectivity index (χ3v) is 6.66. The van der Waals surface area contributed by atoms with Gasteiger partial charge in [0.25, 0.3) is 0 Å². The van der Waals surface area contributed by atoms with Crippen molar-refractivity contribution in [1.29, 1.82) is 0 Å². The lowest BCUT2D eigenvalue weighted by Crippen LogP contribution is -2.29. The van der Waals surface area contributed by atoms with Crippen LogP contribution in [-0.4, -0.2) is 24.5 Å². The van der Waals surface area contributed by atoms with Crippen LogP contribution in [0, 0.1) is 5.92 Å². The summed E-state index contributed by atoms with van der Waals surface area (Å²) >= 11 is 0. The Balaban J connectivity index is 0.00000289. The van der Waals surface area contributed by atoms with E-state index in [4.69, 9.17) is 4.74 Å². The Morgan fingerprint density at radius 3 is 2.41 bits per heavy atom. The van der Waals surface area contributed by atoms with E-state index in [0.29, 0.717) is 6.61 Å². The van der Waals surface area contributed by atoms with Crippen molar-refractivity contribution in [3.05, 3.63) is 77.4 Å². The van der Waals surface area contributed by atoms with Crippen molar-refractivity contribution in [3.8, 4) is 5.75 Å². The molecule has 0 aliphatic heterocycles. The van der Waals surface area contributed by atoms with E-state index in [1.807, 2.05) is 0 Å². The second-order valence-corrected chi connectivity index (χ2v) is 9.14. The second kappa shape index (κ2) is 12.3. The van der Waals surface area contributed by atoms with Crippen LogP contribution in [-0.2, 0) is 19.4 Å². The molecule has 1 atom stereocenters. The zero-order valence-electron chi connectivity index (χ0n) is 19.7. The average molecular weight is 452 g/mol. The molecule has 3 aromatic rings. The van der Waals surface area contributed by atoms with Crippen LogP contribution in [0.25, 0.3) is 10.8 Å². The van der Waals surface area contributed by atoms with Gasteiger partial charge in [0, 0.05) is 0 Å². The molecule has 0 saturated heterocycles. The number of nitrogens with zero attached hydrogens (tertiary/aromatic N) is 1. The maximum Gasteiger partial charge on any atom is 0.120 e. The molecule has 0 radical (unpaired) electrons. The summed E-state index contributed by atoms with van der Waals surface area (Å²) in [5.41, 5.74) is 4.25. The summed E-state index contributed by atoms with van der Waals surface area (Å²) < 4.78 is 6.16. The van der Waals surface area contributed by atoms with Gasteiger partial charge in [-0.1, -0.05) is 56.3 Å². The number of aryl methyl sites for hydroxylation is 1. The van der Waals surface area contributed by atoms with Crippen LogP contribution >= 0.6 is 12.4 Å². The Bertz CT molecular complexity index is 980. The number of rotatable bonds is 10. The van der Waals surface area contributed by atoms with Crippen molar-refractivity contribution in [2.24, 2.45) is 5.92 Å². The number of hydrogen-bond acceptors (Lipinski definition) is 2. The molecular weight excluding hydrogens is 414 g/mol. The van der Waals surface area contributed by atoms with E-state index in [0.717, 1.165) is 11.7 Å². The highest BCUT2D eigenvalue weighted by Gasteiger charge is 2.20. The summed E-state index contributed by atoms with van der Waals surface area (Å²) in [7, 11) is 0. The zero-order chi connectivity index (χ0) is 21.5. The van der Waals surface area contributed by atoms with Crippen LogP contribution in [0.4, 0.5) is 0 Å². The van der Waals surface area contributed by atoms with Gasteiger partial charge in [-0.3, -0.25) is 0 Å². The molecule has 1 aliphatic rings. The molecule has 32 heavy (non-hydrogen) atoms. The largest absolute Gasteiger partial charge is 0.489 e. The molecule has 0 aromatic heterocycles. The van der Waals surface area contributed by atoms with Crippen molar-refractivity contribution in [3.63, 3.8) is 0 Å². The lowest BCUT2D eigenvalue weighted by Gasteiger charge is -2.28. The van der Waals surface area contributed by atoms with E-state index in [1.165, 1.54) is 85.6 Å². The van der Waals surface area contributed by atoms with Gasteiger partial charge in [0.1, 0.15) is 12.4 Å². The highest BCUT2D eigenvalue weighted by molar-refractivity contribution is 5.85. The molecule has 0 N–H and O–H groups in total. The van der Waals surface area contributed by atoms with Crippen LogP contribution in [0.15, 0.2) is 60.7 Å². The second-order valence-electron chi connectivity index (χ2n) is 9.14. The Hall–Kier alpha value is -2.03. The summed E-state index contributed by atoms with van der Waals surface area (Å²) in [6, 6.07) is 21.9. The number of benzene rings is 3. The summed E-state index contributed by atoms with van der Waals surface area (Å²) in [5.74, 6) is 1.83. The lowest BCUT2D eigenvalue weighted by molar-refractivity contribution is 0.245. The van der Waals surface area contributed by atoms with E-state index in [2.05, 4.69) is 79.4 Å². The first-order valence-corrected chi connectivity index (χ1v) is 12.2. The number of ether oxygens (including phenoxy) is 1. The van der Waals surface area contributed by atoms with Crippen molar-refractivity contribution < 1.29 is 4.74 Å². The van der Waals surface area contributed by atoms with Crippen LogP contribution in [0.2, 0.25) is 0 Å². The van der Waals surface area contributed by atoms with Crippen molar-refractivity contribution in [1.82, 2.24) is 4.90 Å². The number of halogens is 1. The highest BCUT2D eigenvalue weighted by atomic mass is 35.5. The van der Waals surface area contributed by atoms with Crippen LogP contribution in [0.1, 0.15) is 56.2 Å². The van der Waals surface area contributed by atoms with Gasteiger partial charge in [-0.2, -0.15) is 0 Å². The summed E-state index contributed by atoms with van der Waals surface area (Å²) in [5, 5.41) is 2.55. The molecule has 0 bridgehead atoms. The first-order valence-electron chi connectivity index (χ1n) is 12.2. The fourth-order valence-electron chi connectivity index (χ4n) is 4.97. The number of fused-ring (bicyclic) bond motifs is 2. The van der Waals surface area contributed by atoms with Crippen LogP contribution < -0.4 is 4.74 Å². The van der Waals surface area contributed by atoms with E-state index in [9.17, 15) is 0 Å². The maximum absolute atomic E-state index is 6.16. The van der Waals surface area contributed by atoms with Crippen molar-refractivity contribution in [2.45, 2.75) is 59.0 Å². The lowest BCUT2D eigenvalue weighted by atomic mass is 9.82. The average Bonchev–Trinajstić information content (AvgIpc) is 2.81. The summed E-state index contributed by atoms with van der Waals surface area (Å²) in [6.45, 7) is 8.95. The minimum Gasteiger partial charge on any atom is -0.489 e. The molecule has 0 spiro atoms. The number of hydrogen-bond donors (Lipinski definition) is 0. The smallest absolute Gasteiger partial charge is 0.120 e. The van der Waals surface area contributed by atoms with Gasteiger partial charge in [0.05, 0.1) is 0 Å². The SMILES string of the molecule is CCCN(CCC)CCC1CCc2cc(OCc3ccc4ccccc4c3)ccc2C1.Cl.